The Kier molecular flexibility index (Phi) is 4.60. The molecule has 0 bridgehead atoms. The molecule has 5 nitrogen and oxygen atoms in total. The molecule has 1 N–H and O–H groups in total. The zero-order valence-corrected chi connectivity index (χ0v) is 12.3. The van der Waals surface area contributed by atoms with Crippen molar-refractivity contribution < 1.29 is 26.4 Å². The molecule has 0 heterocycles. The number of alkyl halides is 3. The van der Waals surface area contributed by atoms with E-state index in [9.17, 15) is 26.4 Å². The number of carbonyl (C=O) groups excluding carboxylic acids is 1. The third-order valence-corrected chi connectivity index (χ3v) is 4.18. The lowest BCUT2D eigenvalue weighted by Gasteiger charge is -2.23. The molecule has 0 aromatic heterocycles. The minimum atomic E-state index is -5.89. The molecular weight excluding hydrogens is 333 g/mol. The normalized spacial score (nSPS) is 11.8. The predicted octanol–water partition coefficient (Wildman–Crippen LogP) is 3.57. The number of halogens is 3. The van der Waals surface area contributed by atoms with E-state index in [0.29, 0.717) is 0 Å². The van der Waals surface area contributed by atoms with Crippen molar-refractivity contribution in [3.8, 4) is 0 Å². The van der Waals surface area contributed by atoms with Gasteiger partial charge < -0.3 is 5.32 Å². The Morgan fingerprint density at radius 3 is 1.87 bits per heavy atom. The average Bonchev–Trinajstić information content (AvgIpc) is 2.48. The maximum absolute atomic E-state index is 12.9. The van der Waals surface area contributed by atoms with Crippen LogP contribution in [0.3, 0.4) is 0 Å². The summed E-state index contributed by atoms with van der Waals surface area (Å²) in [5.74, 6) is 0. The van der Waals surface area contributed by atoms with E-state index in [1.807, 2.05) is 0 Å². The molecule has 2 aromatic rings. The highest BCUT2D eigenvalue weighted by atomic mass is 32.2. The zero-order chi connectivity index (χ0) is 17.1. The van der Waals surface area contributed by atoms with Gasteiger partial charge in [-0.2, -0.15) is 25.9 Å². The van der Waals surface area contributed by atoms with Crippen molar-refractivity contribution in [2.75, 3.05) is 9.62 Å². The first kappa shape index (κ1) is 16.8. The lowest BCUT2D eigenvalue weighted by Crippen LogP contribution is -2.46. The monoisotopic (exact) mass is 344 g/mol. The van der Waals surface area contributed by atoms with E-state index in [0.717, 1.165) is 12.1 Å². The number of hydrogen-bond acceptors (Lipinski definition) is 3. The standard InChI is InChI=1S/C14H11F3N2O3S/c15-14(16,17)23(21,22)19(12-9-5-2-6-10-12)13(20)18-11-7-3-1-4-8-11/h1-10H,(H,18,20). The first-order chi connectivity index (χ1) is 10.7. The van der Waals surface area contributed by atoms with Crippen molar-refractivity contribution in [2.24, 2.45) is 0 Å². The average molecular weight is 344 g/mol. The van der Waals surface area contributed by atoms with Crippen LogP contribution >= 0.6 is 0 Å². The van der Waals surface area contributed by atoms with E-state index in [1.165, 1.54) is 30.3 Å². The van der Waals surface area contributed by atoms with Crippen molar-refractivity contribution in [3.05, 3.63) is 60.7 Å². The number of carbonyl (C=O) groups is 1. The number of rotatable bonds is 3. The van der Waals surface area contributed by atoms with Crippen LogP contribution in [0.25, 0.3) is 0 Å². The highest BCUT2D eigenvalue weighted by Crippen LogP contribution is 2.31. The number of nitrogens with one attached hydrogen (secondary N) is 1. The Labute approximate surface area is 130 Å². The fourth-order valence-electron chi connectivity index (χ4n) is 1.73. The summed E-state index contributed by atoms with van der Waals surface area (Å²) in [6.07, 6.45) is 0. The van der Waals surface area contributed by atoms with Crippen molar-refractivity contribution >= 4 is 27.4 Å². The van der Waals surface area contributed by atoms with Crippen LogP contribution in [-0.2, 0) is 10.0 Å². The molecule has 0 atom stereocenters. The first-order valence-corrected chi connectivity index (χ1v) is 7.70. The number of urea groups is 1. The van der Waals surface area contributed by atoms with Crippen LogP contribution in [0.15, 0.2) is 60.7 Å². The van der Waals surface area contributed by atoms with Gasteiger partial charge in [0.1, 0.15) is 0 Å². The minimum Gasteiger partial charge on any atom is -0.307 e. The maximum Gasteiger partial charge on any atom is 0.517 e. The largest absolute Gasteiger partial charge is 0.517 e. The number of sulfonamides is 1. The number of anilines is 2. The molecule has 0 aliphatic rings. The molecule has 0 aliphatic heterocycles. The molecule has 0 saturated carbocycles. The molecule has 2 aromatic carbocycles. The number of amides is 2. The topological polar surface area (TPSA) is 66.5 Å². The van der Waals surface area contributed by atoms with Crippen LogP contribution in [0.4, 0.5) is 29.3 Å². The Balaban J connectivity index is 2.45. The van der Waals surface area contributed by atoms with Crippen LogP contribution in [0.5, 0.6) is 0 Å². The van der Waals surface area contributed by atoms with Gasteiger partial charge in [-0.3, -0.25) is 0 Å². The first-order valence-electron chi connectivity index (χ1n) is 6.26. The quantitative estimate of drug-likeness (QED) is 0.925. The number of benzene rings is 2. The highest BCUT2D eigenvalue weighted by Gasteiger charge is 2.52. The van der Waals surface area contributed by atoms with Gasteiger partial charge in [0.25, 0.3) is 0 Å². The van der Waals surface area contributed by atoms with Crippen LogP contribution < -0.4 is 9.62 Å². The van der Waals surface area contributed by atoms with Crippen LogP contribution in [0.1, 0.15) is 0 Å². The Bertz CT molecular complexity index is 778. The van der Waals surface area contributed by atoms with Gasteiger partial charge in [-0.25, -0.2) is 4.79 Å². The van der Waals surface area contributed by atoms with Gasteiger partial charge in [0.05, 0.1) is 5.69 Å². The van der Waals surface area contributed by atoms with E-state index in [4.69, 9.17) is 0 Å². The molecule has 122 valence electrons. The molecule has 0 unspecified atom stereocenters. The molecule has 23 heavy (non-hydrogen) atoms. The number of nitrogens with zero attached hydrogens (tertiary/aromatic N) is 1. The van der Waals surface area contributed by atoms with Crippen molar-refractivity contribution in [1.82, 2.24) is 0 Å². The molecule has 0 aliphatic carbocycles. The van der Waals surface area contributed by atoms with Crippen LogP contribution in [0.2, 0.25) is 0 Å². The van der Waals surface area contributed by atoms with Crippen molar-refractivity contribution in [3.63, 3.8) is 0 Å². The summed E-state index contributed by atoms with van der Waals surface area (Å²) < 4.78 is 61.7. The van der Waals surface area contributed by atoms with E-state index in [2.05, 4.69) is 5.32 Å². The summed E-state index contributed by atoms with van der Waals surface area (Å²) in [5, 5.41) is 2.13. The molecular formula is C14H11F3N2O3S. The molecule has 0 saturated heterocycles. The Hall–Kier alpha value is -2.55. The van der Waals surface area contributed by atoms with Gasteiger partial charge in [-0.05, 0) is 24.3 Å². The van der Waals surface area contributed by atoms with E-state index < -0.39 is 27.3 Å². The van der Waals surface area contributed by atoms with E-state index in [1.54, 1.807) is 18.2 Å². The summed E-state index contributed by atoms with van der Waals surface area (Å²) in [5.41, 5.74) is -5.87. The fraction of sp³-hybridized carbons (Fsp3) is 0.0714. The highest BCUT2D eigenvalue weighted by molar-refractivity contribution is 7.94. The summed E-state index contributed by atoms with van der Waals surface area (Å²) in [7, 11) is -5.89. The molecule has 2 rings (SSSR count). The van der Waals surface area contributed by atoms with E-state index in [-0.39, 0.29) is 9.99 Å². The lowest BCUT2D eigenvalue weighted by atomic mass is 10.3. The molecule has 2 amide bonds. The van der Waals surface area contributed by atoms with Gasteiger partial charge in [0.2, 0.25) is 0 Å². The van der Waals surface area contributed by atoms with Gasteiger partial charge in [0, 0.05) is 5.69 Å². The summed E-state index contributed by atoms with van der Waals surface area (Å²) in [6, 6.07) is 12.4. The van der Waals surface area contributed by atoms with Crippen LogP contribution in [-0.4, -0.2) is 20.0 Å². The number of hydrogen-bond donors (Lipinski definition) is 1. The molecule has 9 heteroatoms. The molecule has 0 radical (unpaired) electrons. The smallest absolute Gasteiger partial charge is 0.307 e. The summed E-state index contributed by atoms with van der Waals surface area (Å²) in [6.45, 7) is 0. The Morgan fingerprint density at radius 1 is 0.913 bits per heavy atom. The summed E-state index contributed by atoms with van der Waals surface area (Å²) in [4.78, 5) is 12.1. The summed E-state index contributed by atoms with van der Waals surface area (Å²) >= 11 is 0. The second-order valence-corrected chi connectivity index (χ2v) is 6.13. The lowest BCUT2D eigenvalue weighted by molar-refractivity contribution is -0.0436. The maximum atomic E-state index is 12.9. The third kappa shape index (κ3) is 3.62. The zero-order valence-electron chi connectivity index (χ0n) is 11.5. The van der Waals surface area contributed by atoms with E-state index >= 15 is 0 Å². The molecule has 0 spiro atoms. The van der Waals surface area contributed by atoms with Crippen LogP contribution in [0, 0.1) is 0 Å². The fourth-order valence-corrected chi connectivity index (χ4v) is 2.60. The third-order valence-electron chi connectivity index (χ3n) is 2.73. The second-order valence-electron chi connectivity index (χ2n) is 4.35. The molecule has 0 fully saturated rings. The van der Waals surface area contributed by atoms with Gasteiger partial charge in [-0.1, -0.05) is 36.4 Å². The Morgan fingerprint density at radius 2 is 1.39 bits per heavy atom. The van der Waals surface area contributed by atoms with Gasteiger partial charge in [-0.15, -0.1) is 0 Å². The van der Waals surface area contributed by atoms with Crippen molar-refractivity contribution in [1.29, 1.82) is 0 Å². The van der Waals surface area contributed by atoms with Gasteiger partial charge in [0.15, 0.2) is 0 Å². The number of para-hydroxylation sites is 2. The second kappa shape index (κ2) is 6.29. The minimum absolute atomic E-state index is 0.163. The van der Waals surface area contributed by atoms with Crippen molar-refractivity contribution in [2.45, 2.75) is 5.51 Å². The predicted molar refractivity (Wildman–Crippen MR) is 79.4 cm³/mol. The van der Waals surface area contributed by atoms with Gasteiger partial charge >= 0.3 is 21.6 Å². The SMILES string of the molecule is O=C(Nc1ccccc1)N(c1ccccc1)S(=O)(=O)C(F)(F)F.